The van der Waals surface area contributed by atoms with Crippen LogP contribution in [-0.4, -0.2) is 96.2 Å². The van der Waals surface area contributed by atoms with Crippen molar-refractivity contribution in [3.8, 4) is 11.5 Å². The Morgan fingerprint density at radius 2 is 1.81 bits per heavy atom. The Hall–Kier alpha value is -4.09. The maximum absolute atomic E-state index is 13.3. The number of nitrogens with zero attached hydrogens (tertiary/aromatic N) is 4. The van der Waals surface area contributed by atoms with Crippen molar-refractivity contribution in [2.45, 2.75) is 58.9 Å². The largest absolute Gasteiger partial charge is 0.493 e. The number of rotatable bonds is 4. The molecule has 2 aliphatic rings. The van der Waals surface area contributed by atoms with Gasteiger partial charge in [0.15, 0.2) is 18.1 Å². The smallest absolute Gasteiger partial charge is 0.258 e. The number of amides is 4. The minimum absolute atomic E-state index is 0.0449. The molecule has 2 aromatic rings. The van der Waals surface area contributed by atoms with Gasteiger partial charge < -0.3 is 29.9 Å². The number of hydrogen-bond acceptors (Lipinski definition) is 7. The Morgan fingerprint density at radius 3 is 2.50 bits per heavy atom. The molecule has 0 aliphatic carbocycles. The molecule has 0 spiro atoms. The standard InChI is InChI=1S/C30H44N6O6/c1-20-24(22(3)35(5)33-20)11-13-28(38)36-16-8-7-15-34(4)30(40)21(2)32-27(37)19-42-25-12-10-23(18-26(25)41-6)29(39)31-14-9-17-36/h10,12,18,21H,7-9,11,13-17,19H2,1-6H3,(H,31,39)(H,32,37)/t21-/m0/s1. The highest BCUT2D eigenvalue weighted by molar-refractivity contribution is 5.95. The van der Waals surface area contributed by atoms with Crippen LogP contribution in [0.2, 0.25) is 0 Å². The van der Waals surface area contributed by atoms with Gasteiger partial charge in [0.1, 0.15) is 6.04 Å². The Balaban J connectivity index is 1.72. The van der Waals surface area contributed by atoms with Crippen LogP contribution in [0.4, 0.5) is 0 Å². The number of aryl methyl sites for hydroxylation is 2. The van der Waals surface area contributed by atoms with E-state index in [1.54, 1.807) is 37.1 Å². The monoisotopic (exact) mass is 584 g/mol. The molecule has 1 atom stereocenters. The lowest BCUT2D eigenvalue weighted by Crippen LogP contribution is -2.47. The van der Waals surface area contributed by atoms with Crippen molar-refractivity contribution in [3.05, 3.63) is 40.7 Å². The molecule has 2 aliphatic heterocycles. The van der Waals surface area contributed by atoms with Crippen molar-refractivity contribution < 1.29 is 28.7 Å². The van der Waals surface area contributed by atoms with Crippen molar-refractivity contribution in [1.82, 2.24) is 30.2 Å². The van der Waals surface area contributed by atoms with E-state index in [0.29, 0.717) is 75.3 Å². The number of carbonyl (C=O) groups excluding carboxylic acids is 4. The molecule has 12 heteroatoms. The molecule has 230 valence electrons. The second-order valence-electron chi connectivity index (χ2n) is 10.7. The maximum Gasteiger partial charge on any atom is 0.258 e. The highest BCUT2D eigenvalue weighted by Gasteiger charge is 2.21. The van der Waals surface area contributed by atoms with Crippen molar-refractivity contribution in [3.63, 3.8) is 0 Å². The zero-order valence-corrected chi connectivity index (χ0v) is 25.6. The van der Waals surface area contributed by atoms with Crippen LogP contribution in [0.15, 0.2) is 18.2 Å². The molecule has 3 heterocycles. The van der Waals surface area contributed by atoms with Gasteiger partial charge in [-0.05, 0) is 70.2 Å². The number of hydrogen-bond donors (Lipinski definition) is 2. The van der Waals surface area contributed by atoms with Crippen LogP contribution >= 0.6 is 0 Å². The van der Waals surface area contributed by atoms with Crippen LogP contribution < -0.4 is 20.1 Å². The Labute approximate surface area is 247 Å². The molecule has 1 aromatic carbocycles. The highest BCUT2D eigenvalue weighted by Crippen LogP contribution is 2.28. The lowest BCUT2D eigenvalue weighted by molar-refractivity contribution is -0.135. The van der Waals surface area contributed by atoms with Crippen LogP contribution in [0, 0.1) is 13.8 Å². The second kappa shape index (κ2) is 15.2. The average molecular weight is 585 g/mol. The van der Waals surface area contributed by atoms with E-state index in [4.69, 9.17) is 9.47 Å². The summed E-state index contributed by atoms with van der Waals surface area (Å²) in [6.07, 6.45) is 2.97. The third-order valence-electron chi connectivity index (χ3n) is 7.57. The molecular weight excluding hydrogens is 540 g/mol. The fourth-order valence-electron chi connectivity index (χ4n) is 5.01. The van der Waals surface area contributed by atoms with Gasteiger partial charge in [-0.25, -0.2) is 0 Å². The molecule has 4 amide bonds. The van der Waals surface area contributed by atoms with Crippen LogP contribution in [-0.2, 0) is 27.9 Å². The molecule has 0 radical (unpaired) electrons. The molecule has 0 unspecified atom stereocenters. The number of aromatic nitrogens is 2. The number of fused-ring (bicyclic) bond motifs is 18. The third-order valence-corrected chi connectivity index (χ3v) is 7.57. The average Bonchev–Trinajstić information content (AvgIpc) is 3.21. The van der Waals surface area contributed by atoms with E-state index in [1.165, 1.54) is 7.11 Å². The summed E-state index contributed by atoms with van der Waals surface area (Å²) in [4.78, 5) is 54.8. The first-order chi connectivity index (χ1) is 20.0. The highest BCUT2D eigenvalue weighted by atomic mass is 16.5. The quantitative estimate of drug-likeness (QED) is 0.523. The molecule has 12 nitrogen and oxygen atoms in total. The van der Waals surface area contributed by atoms with Crippen LogP contribution in [0.1, 0.15) is 59.9 Å². The number of methoxy groups -OCH3 is 1. The summed E-state index contributed by atoms with van der Waals surface area (Å²) in [6.45, 7) is 7.20. The maximum atomic E-state index is 13.3. The molecule has 4 rings (SSSR count). The molecule has 42 heavy (non-hydrogen) atoms. The molecule has 2 N–H and O–H groups in total. The van der Waals surface area contributed by atoms with Crippen molar-refractivity contribution >= 4 is 23.6 Å². The van der Waals surface area contributed by atoms with E-state index in [2.05, 4.69) is 15.7 Å². The van der Waals surface area contributed by atoms with Crippen molar-refractivity contribution in [2.75, 3.05) is 46.9 Å². The van der Waals surface area contributed by atoms with Crippen molar-refractivity contribution in [1.29, 1.82) is 0 Å². The molecular formula is C30H44N6O6. The summed E-state index contributed by atoms with van der Waals surface area (Å²) in [5, 5.41) is 10.0. The van der Waals surface area contributed by atoms with Crippen LogP contribution in [0.3, 0.4) is 0 Å². The molecule has 0 fully saturated rings. The predicted octanol–water partition coefficient (Wildman–Crippen LogP) is 1.76. The lowest BCUT2D eigenvalue weighted by Gasteiger charge is -2.25. The predicted molar refractivity (Wildman–Crippen MR) is 157 cm³/mol. The first kappa shape index (κ1) is 32.4. The number of benzene rings is 1. The van der Waals surface area contributed by atoms with Crippen LogP contribution in [0.5, 0.6) is 11.5 Å². The summed E-state index contributed by atoms with van der Waals surface area (Å²) < 4.78 is 12.8. The Bertz CT molecular complexity index is 1280. The third kappa shape index (κ3) is 8.70. The fraction of sp³-hybridized carbons (Fsp3) is 0.567. The number of nitrogens with one attached hydrogen (secondary N) is 2. The summed E-state index contributed by atoms with van der Waals surface area (Å²) in [5.74, 6) is -0.290. The summed E-state index contributed by atoms with van der Waals surface area (Å²) >= 11 is 0. The van der Waals surface area contributed by atoms with Gasteiger partial charge in [0.05, 0.1) is 12.8 Å². The van der Waals surface area contributed by atoms with Gasteiger partial charge in [-0.2, -0.15) is 5.10 Å². The van der Waals surface area contributed by atoms with E-state index in [-0.39, 0.29) is 24.3 Å². The fourth-order valence-corrected chi connectivity index (χ4v) is 5.01. The SMILES string of the molecule is COc1cc2ccc1OCC(=O)N[C@@H](C)C(=O)N(C)CCCCN(C(=O)CCc1c(C)nn(C)c1C)CCCNC2=O. The topological polar surface area (TPSA) is 135 Å². The number of ether oxygens (including phenoxy) is 2. The molecule has 1 aromatic heterocycles. The van der Waals surface area contributed by atoms with Gasteiger partial charge >= 0.3 is 0 Å². The van der Waals surface area contributed by atoms with Crippen LogP contribution in [0.25, 0.3) is 0 Å². The second-order valence-corrected chi connectivity index (χ2v) is 10.7. The van der Waals surface area contributed by atoms with Gasteiger partial charge in [0, 0.05) is 58.0 Å². The minimum Gasteiger partial charge on any atom is -0.493 e. The van der Waals surface area contributed by atoms with E-state index in [0.717, 1.165) is 17.0 Å². The van der Waals surface area contributed by atoms with E-state index in [9.17, 15) is 19.2 Å². The van der Waals surface area contributed by atoms with Gasteiger partial charge in [-0.15, -0.1) is 0 Å². The van der Waals surface area contributed by atoms with Gasteiger partial charge in [-0.1, -0.05) is 0 Å². The van der Waals surface area contributed by atoms with E-state index < -0.39 is 11.9 Å². The summed E-state index contributed by atoms with van der Waals surface area (Å²) in [6, 6.07) is 3.97. The first-order valence-corrected chi connectivity index (χ1v) is 14.4. The Morgan fingerprint density at radius 1 is 1.10 bits per heavy atom. The van der Waals surface area contributed by atoms with E-state index >= 15 is 0 Å². The summed E-state index contributed by atoms with van der Waals surface area (Å²) in [5.41, 5.74) is 3.46. The van der Waals surface area contributed by atoms with Gasteiger partial charge in [0.2, 0.25) is 11.8 Å². The van der Waals surface area contributed by atoms with E-state index in [1.807, 2.05) is 30.5 Å². The normalized spacial score (nSPS) is 18.1. The molecule has 0 saturated heterocycles. The molecule has 2 bridgehead atoms. The van der Waals surface area contributed by atoms with Crippen molar-refractivity contribution in [2.24, 2.45) is 7.05 Å². The zero-order valence-electron chi connectivity index (χ0n) is 25.6. The zero-order chi connectivity index (χ0) is 30.8. The molecule has 0 saturated carbocycles. The first-order valence-electron chi connectivity index (χ1n) is 14.4. The van der Waals surface area contributed by atoms with Gasteiger partial charge in [0.25, 0.3) is 11.8 Å². The lowest BCUT2D eigenvalue weighted by atomic mass is 10.1. The van der Waals surface area contributed by atoms with Gasteiger partial charge in [-0.3, -0.25) is 23.9 Å². The summed E-state index contributed by atoms with van der Waals surface area (Å²) in [7, 11) is 5.05. The number of carbonyl (C=O) groups is 4. The minimum atomic E-state index is -0.731. The number of likely N-dealkylation sites (N-methyl/N-ethyl adjacent to an activating group) is 1. The Kier molecular flexibility index (Phi) is 11.8.